The predicted molar refractivity (Wildman–Crippen MR) is 102 cm³/mol. The van der Waals surface area contributed by atoms with Gasteiger partial charge in [-0.2, -0.15) is 5.26 Å². The first-order valence-corrected chi connectivity index (χ1v) is 9.39. The van der Waals surface area contributed by atoms with Crippen molar-refractivity contribution in [3.63, 3.8) is 0 Å². The minimum absolute atomic E-state index is 0.0672. The van der Waals surface area contributed by atoms with E-state index in [-0.39, 0.29) is 23.6 Å². The summed E-state index contributed by atoms with van der Waals surface area (Å²) in [6, 6.07) is 7.98. The number of thioether (sulfide) groups is 1. The lowest BCUT2D eigenvalue weighted by Gasteiger charge is -2.24. The van der Waals surface area contributed by atoms with E-state index in [0.29, 0.717) is 11.7 Å². The average molecular weight is 372 g/mol. The highest BCUT2D eigenvalue weighted by Crippen LogP contribution is 2.26. The van der Waals surface area contributed by atoms with Gasteiger partial charge >= 0.3 is 0 Å². The molecule has 0 saturated carbocycles. The molecule has 138 valence electrons. The maximum Gasteiger partial charge on any atom is 0.237 e. The predicted octanol–water partition coefficient (Wildman–Crippen LogP) is 3.08. The third-order valence-electron chi connectivity index (χ3n) is 4.02. The number of carbonyl (C=O) groups excluding carboxylic acids is 1. The van der Waals surface area contributed by atoms with Crippen LogP contribution in [0.4, 0.5) is 5.69 Å². The van der Waals surface area contributed by atoms with E-state index in [9.17, 15) is 4.79 Å². The largest absolute Gasteiger partial charge is 0.310 e. The summed E-state index contributed by atoms with van der Waals surface area (Å²) in [6.45, 7) is 10.4. The quantitative estimate of drug-likeness (QED) is 0.724. The molecule has 7 nitrogen and oxygen atoms in total. The van der Waals surface area contributed by atoms with Crippen LogP contribution in [0.3, 0.4) is 0 Å². The highest BCUT2D eigenvalue weighted by Gasteiger charge is 2.23. The molecule has 1 aromatic carbocycles. The summed E-state index contributed by atoms with van der Waals surface area (Å²) < 4.78 is 1.71. The Bertz CT molecular complexity index is 818. The fourth-order valence-corrected chi connectivity index (χ4v) is 3.40. The van der Waals surface area contributed by atoms with Crippen LogP contribution in [0.25, 0.3) is 0 Å². The van der Waals surface area contributed by atoms with Crippen molar-refractivity contribution in [2.45, 2.75) is 51.7 Å². The fourth-order valence-electron chi connectivity index (χ4n) is 2.46. The Labute approximate surface area is 158 Å². The second-order valence-corrected chi connectivity index (χ2v) is 7.95. The van der Waals surface area contributed by atoms with E-state index in [0.717, 1.165) is 16.8 Å². The van der Waals surface area contributed by atoms with Gasteiger partial charge < -0.3 is 4.90 Å². The topological polar surface area (TPSA) is 87.7 Å². The van der Waals surface area contributed by atoms with Crippen LogP contribution in [-0.2, 0) is 10.3 Å². The maximum absolute atomic E-state index is 12.9. The first-order chi connectivity index (χ1) is 12.3. The van der Waals surface area contributed by atoms with Crippen LogP contribution in [0, 0.1) is 25.2 Å². The van der Waals surface area contributed by atoms with Crippen LogP contribution in [0.1, 0.15) is 38.3 Å². The zero-order chi connectivity index (χ0) is 19.3. The Kier molecular flexibility index (Phi) is 6.37. The third kappa shape index (κ3) is 4.61. The Morgan fingerprint density at radius 2 is 2.08 bits per heavy atom. The summed E-state index contributed by atoms with van der Waals surface area (Å²) in [5.41, 5.74) is 2.74. The second-order valence-electron chi connectivity index (χ2n) is 7.01. The minimum atomic E-state index is -0.261. The van der Waals surface area contributed by atoms with E-state index < -0.39 is 0 Å². The molecule has 1 heterocycles. The molecule has 0 N–H and O–H groups in total. The molecule has 1 aromatic heterocycles. The van der Waals surface area contributed by atoms with Crippen molar-refractivity contribution in [3.05, 3.63) is 29.3 Å². The lowest BCUT2D eigenvalue weighted by Crippen LogP contribution is -2.34. The Balaban J connectivity index is 2.19. The fraction of sp³-hybridized carbons (Fsp3) is 0.500. The first-order valence-electron chi connectivity index (χ1n) is 8.41. The minimum Gasteiger partial charge on any atom is -0.310 e. The van der Waals surface area contributed by atoms with Gasteiger partial charge in [0.25, 0.3) is 0 Å². The number of nitrogens with zero attached hydrogens (tertiary/aromatic N) is 6. The summed E-state index contributed by atoms with van der Waals surface area (Å²) in [6.07, 6.45) is 0.281. The van der Waals surface area contributed by atoms with E-state index >= 15 is 0 Å². The zero-order valence-electron chi connectivity index (χ0n) is 15.9. The van der Waals surface area contributed by atoms with Gasteiger partial charge in [0.05, 0.1) is 23.8 Å². The lowest BCUT2D eigenvalue weighted by atomic mass is 10.1. The average Bonchev–Trinajstić information content (AvgIpc) is 3.06. The van der Waals surface area contributed by atoms with Crippen molar-refractivity contribution >= 4 is 23.4 Å². The second kappa shape index (κ2) is 8.32. The summed E-state index contributed by atoms with van der Waals surface area (Å²) in [7, 11) is 0. The molecule has 0 unspecified atom stereocenters. The number of aromatic nitrogens is 4. The first kappa shape index (κ1) is 19.9. The van der Waals surface area contributed by atoms with E-state index in [4.69, 9.17) is 5.26 Å². The molecule has 0 fully saturated rings. The molecule has 0 atom stereocenters. The van der Waals surface area contributed by atoms with E-state index in [1.54, 1.807) is 9.58 Å². The maximum atomic E-state index is 12.9. The van der Waals surface area contributed by atoms with Crippen LogP contribution >= 0.6 is 11.8 Å². The van der Waals surface area contributed by atoms with Crippen LogP contribution in [0.2, 0.25) is 0 Å². The van der Waals surface area contributed by atoms with Crippen molar-refractivity contribution in [2.24, 2.45) is 0 Å². The van der Waals surface area contributed by atoms with Crippen molar-refractivity contribution in [2.75, 3.05) is 17.2 Å². The molecule has 0 spiro atoms. The molecule has 1 amide bonds. The van der Waals surface area contributed by atoms with Crippen LogP contribution in [-0.4, -0.2) is 38.4 Å². The van der Waals surface area contributed by atoms with Gasteiger partial charge in [0, 0.05) is 12.2 Å². The summed E-state index contributed by atoms with van der Waals surface area (Å²) in [5.74, 6) is 0.136. The number of amides is 1. The number of hydrogen-bond acceptors (Lipinski definition) is 6. The van der Waals surface area contributed by atoms with Gasteiger partial charge in [0.2, 0.25) is 11.1 Å². The van der Waals surface area contributed by atoms with E-state index in [2.05, 4.69) is 21.6 Å². The van der Waals surface area contributed by atoms with Crippen molar-refractivity contribution in [3.8, 4) is 6.07 Å². The van der Waals surface area contributed by atoms with Crippen LogP contribution < -0.4 is 4.90 Å². The van der Waals surface area contributed by atoms with Crippen molar-refractivity contribution < 1.29 is 4.79 Å². The highest BCUT2D eigenvalue weighted by molar-refractivity contribution is 7.99. The van der Waals surface area contributed by atoms with Gasteiger partial charge in [-0.15, -0.1) is 5.10 Å². The molecule has 2 rings (SSSR count). The molecule has 0 aliphatic rings. The molecule has 0 saturated heterocycles. The highest BCUT2D eigenvalue weighted by atomic mass is 32.2. The number of rotatable bonds is 6. The van der Waals surface area contributed by atoms with Crippen LogP contribution in [0.5, 0.6) is 0 Å². The molecular weight excluding hydrogens is 348 g/mol. The molecular formula is C18H24N6OS. The van der Waals surface area contributed by atoms with Crippen LogP contribution in [0.15, 0.2) is 23.4 Å². The molecule has 0 aliphatic carbocycles. The Morgan fingerprint density at radius 1 is 1.35 bits per heavy atom. The number of carbonyl (C=O) groups is 1. The number of aryl methyl sites for hydroxylation is 1. The molecule has 8 heteroatoms. The SMILES string of the molecule is Cc1cccc(N(CCC#N)C(=O)CSc2nnnn2C(C)(C)C)c1C. The van der Waals surface area contributed by atoms with Gasteiger partial charge in [-0.3, -0.25) is 4.79 Å². The zero-order valence-corrected chi connectivity index (χ0v) is 16.7. The number of benzene rings is 1. The standard InChI is InChI=1S/C18H24N6OS/c1-13-8-6-9-15(14(13)2)23(11-7-10-19)16(25)12-26-17-20-21-22-24(17)18(3,4)5/h6,8-9H,7,11-12H2,1-5H3. The smallest absolute Gasteiger partial charge is 0.237 e. The van der Waals surface area contributed by atoms with Crippen molar-refractivity contribution in [1.82, 2.24) is 20.2 Å². The summed E-state index contributed by atoms with van der Waals surface area (Å²) in [4.78, 5) is 14.6. The number of tetrazole rings is 1. The molecule has 26 heavy (non-hydrogen) atoms. The monoisotopic (exact) mass is 372 g/mol. The normalized spacial score (nSPS) is 11.2. The summed E-state index contributed by atoms with van der Waals surface area (Å²) in [5, 5.41) is 21.3. The van der Waals surface area contributed by atoms with Gasteiger partial charge in [0.15, 0.2) is 0 Å². The van der Waals surface area contributed by atoms with Gasteiger partial charge in [-0.1, -0.05) is 23.9 Å². The Morgan fingerprint density at radius 3 is 2.73 bits per heavy atom. The van der Waals surface area contributed by atoms with E-state index in [1.165, 1.54) is 11.8 Å². The molecule has 2 aromatic rings. The lowest BCUT2D eigenvalue weighted by molar-refractivity contribution is -0.116. The third-order valence-corrected chi connectivity index (χ3v) is 4.92. The number of nitriles is 1. The Hall–Kier alpha value is -2.40. The van der Waals surface area contributed by atoms with Crippen molar-refractivity contribution in [1.29, 1.82) is 5.26 Å². The van der Waals surface area contributed by atoms with Gasteiger partial charge in [-0.25, -0.2) is 4.68 Å². The number of anilines is 1. The molecule has 0 radical (unpaired) electrons. The molecule has 0 aliphatic heterocycles. The summed E-state index contributed by atoms with van der Waals surface area (Å²) >= 11 is 1.31. The van der Waals surface area contributed by atoms with Gasteiger partial charge in [-0.05, 0) is 62.2 Å². The van der Waals surface area contributed by atoms with Gasteiger partial charge in [0.1, 0.15) is 0 Å². The number of hydrogen-bond donors (Lipinski definition) is 0. The molecule has 0 bridgehead atoms. The van der Waals surface area contributed by atoms with E-state index in [1.807, 2.05) is 52.8 Å².